The fourth-order valence-corrected chi connectivity index (χ4v) is 1.81. The molecule has 0 bridgehead atoms. The number of nitrogens with two attached hydrogens (primary N) is 1. The zero-order valence-electron chi connectivity index (χ0n) is 10.6. The number of nitrogens with zero attached hydrogens (tertiary/aromatic N) is 3. The maximum atomic E-state index is 6.13. The van der Waals surface area contributed by atoms with Crippen molar-refractivity contribution < 1.29 is 9.26 Å². The second-order valence-corrected chi connectivity index (χ2v) is 5.29. The molecule has 7 heteroatoms. The average molecular weight is 268 g/mol. The Bertz CT molecular complexity index is 493. The molecule has 2 heterocycles. The maximum absolute atomic E-state index is 6.13. The Kier molecular flexibility index (Phi) is 3.74. The highest BCUT2D eigenvalue weighted by molar-refractivity contribution is 7.07. The minimum absolute atomic E-state index is 0.109. The molecule has 1 unspecified atom stereocenters. The molecule has 2 aromatic rings. The molecule has 1 atom stereocenters. The number of rotatable bonds is 5. The van der Waals surface area contributed by atoms with Crippen molar-refractivity contribution in [3.63, 3.8) is 0 Å². The van der Waals surface area contributed by atoms with Crippen LogP contribution >= 0.6 is 11.3 Å². The number of hydrogen-bond acceptors (Lipinski definition) is 7. The van der Waals surface area contributed by atoms with Gasteiger partial charge in [-0.1, -0.05) is 5.16 Å². The number of thiazole rings is 1. The van der Waals surface area contributed by atoms with Crippen molar-refractivity contribution in [2.24, 2.45) is 5.73 Å². The fraction of sp³-hybridized carbons (Fsp3) is 0.545. The van der Waals surface area contributed by atoms with E-state index >= 15 is 0 Å². The molecule has 0 aromatic carbocycles. The van der Waals surface area contributed by atoms with Crippen LogP contribution in [0.3, 0.4) is 0 Å². The molecule has 0 aliphatic rings. The summed E-state index contributed by atoms with van der Waals surface area (Å²) in [5, 5.41) is 5.74. The van der Waals surface area contributed by atoms with Crippen LogP contribution in [0.1, 0.15) is 26.6 Å². The van der Waals surface area contributed by atoms with Crippen LogP contribution in [0.15, 0.2) is 15.4 Å². The van der Waals surface area contributed by atoms with E-state index in [1.807, 2.05) is 26.2 Å². The Morgan fingerprint density at radius 1 is 1.56 bits per heavy atom. The minimum Gasteiger partial charge on any atom is -0.376 e. The van der Waals surface area contributed by atoms with Gasteiger partial charge in [-0.05, 0) is 20.8 Å². The third-order valence-electron chi connectivity index (χ3n) is 2.30. The first kappa shape index (κ1) is 13.1. The Morgan fingerprint density at radius 3 is 2.94 bits per heavy atom. The van der Waals surface area contributed by atoms with Crippen LogP contribution in [-0.2, 0) is 10.3 Å². The number of hydrogen-bond donors (Lipinski definition) is 1. The highest BCUT2D eigenvalue weighted by atomic mass is 32.1. The van der Waals surface area contributed by atoms with E-state index in [9.17, 15) is 0 Å². The number of ether oxygens (including phenoxy) is 1. The van der Waals surface area contributed by atoms with Gasteiger partial charge in [0, 0.05) is 5.38 Å². The standard InChI is InChI=1S/C11H16N4O2S/c1-7(2)16-5-11(3,12)10-14-9(17-15-10)8-4-18-6-13-8/h4,6-7H,5,12H2,1-3H3. The van der Waals surface area contributed by atoms with E-state index in [4.69, 9.17) is 15.0 Å². The smallest absolute Gasteiger partial charge is 0.277 e. The molecule has 0 fully saturated rings. The largest absolute Gasteiger partial charge is 0.376 e. The predicted molar refractivity (Wildman–Crippen MR) is 68.0 cm³/mol. The Labute approximate surface area is 109 Å². The molecule has 0 aliphatic carbocycles. The van der Waals surface area contributed by atoms with Gasteiger partial charge in [0.15, 0.2) is 5.82 Å². The molecule has 0 amide bonds. The van der Waals surface area contributed by atoms with Crippen molar-refractivity contribution in [3.05, 3.63) is 16.7 Å². The van der Waals surface area contributed by atoms with Crippen LogP contribution in [0, 0.1) is 0 Å². The fourth-order valence-electron chi connectivity index (χ4n) is 1.28. The van der Waals surface area contributed by atoms with E-state index in [1.165, 1.54) is 11.3 Å². The molecule has 2 rings (SSSR count). The van der Waals surface area contributed by atoms with Gasteiger partial charge in [0.1, 0.15) is 11.2 Å². The predicted octanol–water partition coefficient (Wildman–Crippen LogP) is 1.79. The molecular formula is C11H16N4O2S. The Morgan fingerprint density at radius 2 is 2.33 bits per heavy atom. The third-order valence-corrected chi connectivity index (χ3v) is 2.89. The van der Waals surface area contributed by atoms with E-state index in [0.29, 0.717) is 24.0 Å². The first-order valence-electron chi connectivity index (χ1n) is 5.62. The number of aromatic nitrogens is 3. The van der Waals surface area contributed by atoms with Crippen LogP contribution in [0.5, 0.6) is 0 Å². The summed E-state index contributed by atoms with van der Waals surface area (Å²) in [5.74, 6) is 0.804. The van der Waals surface area contributed by atoms with E-state index in [-0.39, 0.29) is 6.10 Å². The molecule has 0 aliphatic heterocycles. The van der Waals surface area contributed by atoms with Crippen LogP contribution < -0.4 is 5.73 Å². The summed E-state index contributed by atoms with van der Waals surface area (Å²) < 4.78 is 10.7. The lowest BCUT2D eigenvalue weighted by molar-refractivity contribution is 0.0410. The molecule has 6 nitrogen and oxygen atoms in total. The summed E-state index contributed by atoms with van der Waals surface area (Å²) in [6, 6.07) is 0. The van der Waals surface area contributed by atoms with E-state index in [1.54, 1.807) is 5.51 Å². The normalized spacial score (nSPS) is 14.9. The van der Waals surface area contributed by atoms with Gasteiger partial charge >= 0.3 is 0 Å². The van der Waals surface area contributed by atoms with Crippen LogP contribution in [0.25, 0.3) is 11.6 Å². The van der Waals surface area contributed by atoms with Gasteiger partial charge in [0.25, 0.3) is 5.89 Å². The van der Waals surface area contributed by atoms with Gasteiger partial charge in [-0.25, -0.2) is 4.98 Å². The molecular weight excluding hydrogens is 252 g/mol. The third kappa shape index (κ3) is 2.92. The molecule has 98 valence electrons. The van der Waals surface area contributed by atoms with Crippen LogP contribution in [-0.4, -0.2) is 27.8 Å². The monoisotopic (exact) mass is 268 g/mol. The molecule has 18 heavy (non-hydrogen) atoms. The summed E-state index contributed by atoms with van der Waals surface area (Å²) in [6.07, 6.45) is 0.109. The van der Waals surface area contributed by atoms with E-state index in [0.717, 1.165) is 0 Å². The Balaban J connectivity index is 2.14. The van der Waals surface area contributed by atoms with Crippen molar-refractivity contribution in [2.75, 3.05) is 6.61 Å². The maximum Gasteiger partial charge on any atom is 0.277 e. The first-order chi connectivity index (χ1) is 8.49. The van der Waals surface area contributed by atoms with Crippen molar-refractivity contribution in [1.29, 1.82) is 0 Å². The zero-order valence-corrected chi connectivity index (χ0v) is 11.4. The van der Waals surface area contributed by atoms with Crippen molar-refractivity contribution in [2.45, 2.75) is 32.4 Å². The second kappa shape index (κ2) is 5.13. The second-order valence-electron chi connectivity index (χ2n) is 4.57. The summed E-state index contributed by atoms with van der Waals surface area (Å²) in [7, 11) is 0. The first-order valence-corrected chi connectivity index (χ1v) is 6.56. The molecule has 2 aromatic heterocycles. The SMILES string of the molecule is CC(C)OCC(C)(N)c1noc(-c2cscn2)n1. The lowest BCUT2D eigenvalue weighted by atomic mass is 10.1. The van der Waals surface area contributed by atoms with E-state index in [2.05, 4.69) is 15.1 Å². The highest BCUT2D eigenvalue weighted by Crippen LogP contribution is 2.21. The molecule has 0 radical (unpaired) electrons. The van der Waals surface area contributed by atoms with Gasteiger partial charge in [0.05, 0.1) is 18.2 Å². The highest BCUT2D eigenvalue weighted by Gasteiger charge is 2.28. The van der Waals surface area contributed by atoms with Gasteiger partial charge in [-0.3, -0.25) is 0 Å². The van der Waals surface area contributed by atoms with Crippen LogP contribution in [0.4, 0.5) is 0 Å². The molecule has 0 spiro atoms. The van der Waals surface area contributed by atoms with Gasteiger partial charge in [-0.2, -0.15) is 4.98 Å². The molecule has 0 saturated heterocycles. The van der Waals surface area contributed by atoms with Crippen molar-refractivity contribution in [1.82, 2.24) is 15.1 Å². The van der Waals surface area contributed by atoms with Crippen LogP contribution in [0.2, 0.25) is 0 Å². The van der Waals surface area contributed by atoms with Gasteiger partial charge in [-0.15, -0.1) is 11.3 Å². The van der Waals surface area contributed by atoms with Gasteiger partial charge < -0.3 is 15.0 Å². The van der Waals surface area contributed by atoms with Crippen molar-refractivity contribution >= 4 is 11.3 Å². The lowest BCUT2D eigenvalue weighted by Gasteiger charge is -2.21. The minimum atomic E-state index is -0.776. The molecule has 2 N–H and O–H groups in total. The summed E-state index contributed by atoms with van der Waals surface area (Å²) in [5.41, 5.74) is 7.73. The Hall–Kier alpha value is -1.31. The quantitative estimate of drug-likeness (QED) is 0.889. The van der Waals surface area contributed by atoms with Crippen molar-refractivity contribution in [3.8, 4) is 11.6 Å². The summed E-state index contributed by atoms with van der Waals surface area (Å²) in [6.45, 7) is 6.05. The summed E-state index contributed by atoms with van der Waals surface area (Å²) in [4.78, 5) is 8.37. The van der Waals surface area contributed by atoms with E-state index < -0.39 is 5.54 Å². The lowest BCUT2D eigenvalue weighted by Crippen LogP contribution is -2.40. The molecule has 0 saturated carbocycles. The topological polar surface area (TPSA) is 87.1 Å². The summed E-state index contributed by atoms with van der Waals surface area (Å²) >= 11 is 1.47. The average Bonchev–Trinajstić information content (AvgIpc) is 2.96. The zero-order chi connectivity index (χ0) is 13.2. The van der Waals surface area contributed by atoms with Gasteiger partial charge in [0.2, 0.25) is 0 Å².